The first-order valence-corrected chi connectivity index (χ1v) is 8.43. The largest absolute Gasteiger partial charge is 0.497 e. The molecule has 3 rings (SSSR count). The molecule has 0 aliphatic carbocycles. The molecular weight excluding hydrogens is 314 g/mol. The van der Waals surface area contributed by atoms with Crippen molar-refractivity contribution in [3.8, 4) is 5.75 Å². The molecule has 0 aliphatic heterocycles. The van der Waals surface area contributed by atoms with Crippen LogP contribution in [-0.2, 0) is 6.54 Å². The molecule has 4 heteroatoms. The van der Waals surface area contributed by atoms with Crippen LogP contribution in [0, 0.1) is 6.92 Å². The van der Waals surface area contributed by atoms with Gasteiger partial charge in [0.25, 0.3) is 0 Å². The number of hydrogen-bond acceptors (Lipinski definition) is 4. The second-order valence-electron chi connectivity index (χ2n) is 6.53. The minimum Gasteiger partial charge on any atom is -0.497 e. The van der Waals surface area contributed by atoms with Crippen molar-refractivity contribution in [2.24, 2.45) is 0 Å². The third-order valence-electron chi connectivity index (χ3n) is 4.41. The van der Waals surface area contributed by atoms with E-state index in [1.165, 1.54) is 5.56 Å². The number of benzene rings is 2. The number of aryl methyl sites for hydroxylation is 1. The average Bonchev–Trinajstić information content (AvgIpc) is 2.59. The van der Waals surface area contributed by atoms with Gasteiger partial charge in [0.15, 0.2) is 0 Å². The fourth-order valence-electron chi connectivity index (χ4n) is 3.07. The lowest BCUT2D eigenvalue weighted by Gasteiger charge is -2.14. The molecule has 1 heterocycles. The summed E-state index contributed by atoms with van der Waals surface area (Å²) in [6.07, 6.45) is 0. The van der Waals surface area contributed by atoms with Gasteiger partial charge in [0, 0.05) is 23.7 Å². The summed E-state index contributed by atoms with van der Waals surface area (Å²) >= 11 is 0. The number of rotatable bonds is 5. The fourth-order valence-corrected chi connectivity index (χ4v) is 3.07. The maximum atomic E-state index is 11.9. The molecule has 1 N–H and O–H groups in total. The molecular formula is C21H23NO3. The van der Waals surface area contributed by atoms with E-state index in [-0.39, 0.29) is 5.63 Å². The topological polar surface area (TPSA) is 51.5 Å². The molecule has 0 saturated heterocycles. The first-order valence-electron chi connectivity index (χ1n) is 8.43. The van der Waals surface area contributed by atoms with Gasteiger partial charge >= 0.3 is 5.63 Å². The lowest BCUT2D eigenvalue weighted by atomic mass is 9.95. The Kier molecular flexibility index (Phi) is 4.79. The van der Waals surface area contributed by atoms with E-state index in [0.717, 1.165) is 28.0 Å². The Morgan fingerprint density at radius 2 is 1.84 bits per heavy atom. The minimum atomic E-state index is -0.323. The highest BCUT2D eigenvalue weighted by atomic mass is 16.5. The predicted octanol–water partition coefficient (Wildman–Crippen LogP) is 4.85. The number of hydrogen-bond donors (Lipinski definition) is 1. The standard InChI is InChI=1S/C21H23NO3/c1-13(2)18-11-19-15(10-21(23)25-20(19)9-14(18)3)12-22-16-5-7-17(24-4)8-6-16/h5-11,13,22H,12H2,1-4H3. The summed E-state index contributed by atoms with van der Waals surface area (Å²) in [5, 5.41) is 4.34. The minimum absolute atomic E-state index is 0.323. The van der Waals surface area contributed by atoms with E-state index in [1.807, 2.05) is 30.3 Å². The van der Waals surface area contributed by atoms with E-state index in [2.05, 4.69) is 32.2 Å². The van der Waals surface area contributed by atoms with Crippen LogP contribution >= 0.6 is 0 Å². The van der Waals surface area contributed by atoms with Crippen LogP contribution in [0.25, 0.3) is 11.0 Å². The van der Waals surface area contributed by atoms with Crippen molar-refractivity contribution < 1.29 is 9.15 Å². The number of methoxy groups -OCH3 is 1. The summed E-state index contributed by atoms with van der Waals surface area (Å²) in [5.74, 6) is 1.23. The van der Waals surface area contributed by atoms with Crippen molar-refractivity contribution in [1.82, 2.24) is 0 Å². The monoisotopic (exact) mass is 337 g/mol. The van der Waals surface area contributed by atoms with Crippen molar-refractivity contribution in [1.29, 1.82) is 0 Å². The summed E-state index contributed by atoms with van der Waals surface area (Å²) in [5.41, 5.74) is 4.64. The van der Waals surface area contributed by atoms with E-state index in [4.69, 9.17) is 9.15 Å². The number of ether oxygens (including phenoxy) is 1. The van der Waals surface area contributed by atoms with Crippen LogP contribution in [0.5, 0.6) is 5.75 Å². The summed E-state index contributed by atoms with van der Waals surface area (Å²) in [6, 6.07) is 13.4. The predicted molar refractivity (Wildman–Crippen MR) is 102 cm³/mol. The van der Waals surface area contributed by atoms with Crippen molar-refractivity contribution in [2.45, 2.75) is 33.2 Å². The maximum absolute atomic E-state index is 11.9. The molecule has 4 nitrogen and oxygen atoms in total. The normalized spacial score (nSPS) is 11.1. The number of anilines is 1. The van der Waals surface area contributed by atoms with Crippen molar-refractivity contribution >= 4 is 16.7 Å². The second kappa shape index (κ2) is 7.01. The van der Waals surface area contributed by atoms with Gasteiger partial charge in [-0.25, -0.2) is 4.79 Å². The summed E-state index contributed by atoms with van der Waals surface area (Å²) < 4.78 is 10.6. The van der Waals surface area contributed by atoms with E-state index in [9.17, 15) is 4.79 Å². The van der Waals surface area contributed by atoms with Gasteiger partial charge in [-0.2, -0.15) is 0 Å². The van der Waals surface area contributed by atoms with Crippen molar-refractivity contribution in [3.05, 3.63) is 69.6 Å². The zero-order valence-corrected chi connectivity index (χ0v) is 15.1. The highest BCUT2D eigenvalue weighted by Crippen LogP contribution is 2.27. The van der Waals surface area contributed by atoms with E-state index >= 15 is 0 Å². The Labute approximate surface area is 147 Å². The Balaban J connectivity index is 1.96. The van der Waals surface area contributed by atoms with Crippen LogP contribution in [0.2, 0.25) is 0 Å². The van der Waals surface area contributed by atoms with E-state index < -0.39 is 0 Å². The molecule has 1 aromatic heterocycles. The van der Waals surface area contributed by atoms with Gasteiger partial charge < -0.3 is 14.5 Å². The zero-order valence-electron chi connectivity index (χ0n) is 15.1. The molecule has 0 radical (unpaired) electrons. The van der Waals surface area contributed by atoms with Crippen LogP contribution in [0.15, 0.2) is 51.7 Å². The Morgan fingerprint density at radius 3 is 2.48 bits per heavy atom. The van der Waals surface area contributed by atoms with Crippen LogP contribution in [0.4, 0.5) is 5.69 Å². The molecule has 0 amide bonds. The molecule has 0 fully saturated rings. The van der Waals surface area contributed by atoms with Crippen LogP contribution in [0.1, 0.15) is 36.5 Å². The summed E-state index contributed by atoms with van der Waals surface area (Å²) in [4.78, 5) is 11.9. The number of fused-ring (bicyclic) bond motifs is 1. The Hall–Kier alpha value is -2.75. The highest BCUT2D eigenvalue weighted by Gasteiger charge is 2.11. The SMILES string of the molecule is COc1ccc(NCc2cc(=O)oc3cc(C)c(C(C)C)cc23)cc1. The second-order valence-corrected chi connectivity index (χ2v) is 6.53. The van der Waals surface area contributed by atoms with Crippen LogP contribution in [0.3, 0.4) is 0 Å². The van der Waals surface area contributed by atoms with Crippen molar-refractivity contribution in [2.75, 3.05) is 12.4 Å². The molecule has 0 saturated carbocycles. The molecule has 0 atom stereocenters. The van der Waals surface area contributed by atoms with Crippen LogP contribution in [-0.4, -0.2) is 7.11 Å². The molecule has 3 aromatic rings. The van der Waals surface area contributed by atoms with Crippen molar-refractivity contribution in [3.63, 3.8) is 0 Å². The fraction of sp³-hybridized carbons (Fsp3) is 0.286. The van der Waals surface area contributed by atoms with Gasteiger partial charge in [0.2, 0.25) is 0 Å². The molecule has 0 unspecified atom stereocenters. The smallest absolute Gasteiger partial charge is 0.336 e. The van der Waals surface area contributed by atoms with Gasteiger partial charge in [-0.15, -0.1) is 0 Å². The third kappa shape index (κ3) is 3.68. The lowest BCUT2D eigenvalue weighted by molar-refractivity contribution is 0.415. The van der Waals surface area contributed by atoms with Gasteiger partial charge in [0.1, 0.15) is 11.3 Å². The Bertz CT molecular complexity index is 940. The molecule has 25 heavy (non-hydrogen) atoms. The summed E-state index contributed by atoms with van der Waals surface area (Å²) in [6.45, 7) is 6.94. The Morgan fingerprint density at radius 1 is 1.12 bits per heavy atom. The first kappa shape index (κ1) is 17.1. The van der Waals surface area contributed by atoms with Gasteiger partial charge in [-0.05, 0) is 65.9 Å². The first-order chi connectivity index (χ1) is 12.0. The van der Waals surface area contributed by atoms with Crippen LogP contribution < -0.4 is 15.7 Å². The lowest BCUT2D eigenvalue weighted by Crippen LogP contribution is -2.06. The highest BCUT2D eigenvalue weighted by molar-refractivity contribution is 5.82. The molecule has 2 aromatic carbocycles. The molecule has 0 aliphatic rings. The van der Waals surface area contributed by atoms with Gasteiger partial charge in [-0.1, -0.05) is 13.8 Å². The summed E-state index contributed by atoms with van der Waals surface area (Å²) in [7, 11) is 1.64. The zero-order chi connectivity index (χ0) is 18.0. The van der Waals surface area contributed by atoms with Gasteiger partial charge in [-0.3, -0.25) is 0 Å². The quantitative estimate of drug-likeness (QED) is 0.677. The van der Waals surface area contributed by atoms with E-state index in [1.54, 1.807) is 13.2 Å². The number of nitrogens with one attached hydrogen (secondary N) is 1. The molecule has 0 spiro atoms. The molecule has 0 bridgehead atoms. The van der Waals surface area contributed by atoms with E-state index in [0.29, 0.717) is 18.0 Å². The molecule has 130 valence electrons. The maximum Gasteiger partial charge on any atom is 0.336 e. The third-order valence-corrected chi connectivity index (χ3v) is 4.41. The van der Waals surface area contributed by atoms with Gasteiger partial charge in [0.05, 0.1) is 7.11 Å². The average molecular weight is 337 g/mol.